The molecule has 0 aromatic heterocycles. The highest BCUT2D eigenvalue weighted by atomic mass is 35.5. The Morgan fingerprint density at radius 1 is 1.29 bits per heavy atom. The zero-order chi connectivity index (χ0) is 15.4. The van der Waals surface area contributed by atoms with Crippen LogP contribution in [0.1, 0.15) is 21.5 Å². The molecule has 0 unspecified atom stereocenters. The predicted octanol–water partition coefficient (Wildman–Crippen LogP) is 3.95. The molecular formula is C15H12ClNO4. The molecule has 0 bridgehead atoms. The monoisotopic (exact) mass is 305 g/mol. The van der Waals surface area contributed by atoms with Crippen molar-refractivity contribution in [1.29, 1.82) is 0 Å². The first-order valence-electron chi connectivity index (χ1n) is 6.14. The second-order valence-electron chi connectivity index (χ2n) is 4.38. The summed E-state index contributed by atoms with van der Waals surface area (Å²) in [7, 11) is 0. The van der Waals surface area contributed by atoms with E-state index < -0.39 is 4.92 Å². The van der Waals surface area contributed by atoms with E-state index in [4.69, 9.17) is 16.3 Å². The van der Waals surface area contributed by atoms with Crippen LogP contribution in [0.3, 0.4) is 0 Å². The Morgan fingerprint density at radius 3 is 2.67 bits per heavy atom. The molecule has 0 aliphatic rings. The first-order valence-corrected chi connectivity index (χ1v) is 6.51. The molecule has 0 aliphatic heterocycles. The third kappa shape index (κ3) is 3.20. The molecule has 0 atom stereocenters. The molecule has 2 aromatic carbocycles. The van der Waals surface area contributed by atoms with Crippen molar-refractivity contribution in [2.75, 3.05) is 0 Å². The van der Waals surface area contributed by atoms with Gasteiger partial charge in [-0.1, -0.05) is 29.8 Å². The van der Waals surface area contributed by atoms with Gasteiger partial charge in [-0.25, -0.2) is 0 Å². The van der Waals surface area contributed by atoms with Gasteiger partial charge in [-0.15, -0.1) is 0 Å². The minimum absolute atomic E-state index is 0.0332. The summed E-state index contributed by atoms with van der Waals surface area (Å²) >= 11 is 6.00. The van der Waals surface area contributed by atoms with Gasteiger partial charge in [-0.3, -0.25) is 14.9 Å². The van der Waals surface area contributed by atoms with E-state index in [0.717, 1.165) is 0 Å². The van der Waals surface area contributed by atoms with Gasteiger partial charge in [0.05, 0.1) is 15.5 Å². The van der Waals surface area contributed by atoms with Gasteiger partial charge in [0.25, 0.3) is 5.69 Å². The molecule has 0 amide bonds. The SMILES string of the molecule is Cc1c(COc2c(Cl)cccc2C=O)cccc1[N+](=O)[O-]. The van der Waals surface area contributed by atoms with Crippen molar-refractivity contribution in [3.63, 3.8) is 0 Å². The van der Waals surface area contributed by atoms with E-state index in [2.05, 4.69) is 0 Å². The van der Waals surface area contributed by atoms with E-state index in [1.807, 2.05) is 0 Å². The summed E-state index contributed by atoms with van der Waals surface area (Å²) in [6, 6.07) is 9.62. The summed E-state index contributed by atoms with van der Waals surface area (Å²) in [4.78, 5) is 21.4. The molecule has 0 aliphatic carbocycles. The van der Waals surface area contributed by atoms with Crippen molar-refractivity contribution in [2.45, 2.75) is 13.5 Å². The molecule has 108 valence electrons. The fraction of sp³-hybridized carbons (Fsp3) is 0.133. The molecule has 0 fully saturated rings. The summed E-state index contributed by atoms with van der Waals surface area (Å²) in [5.74, 6) is 0.278. The van der Waals surface area contributed by atoms with Crippen LogP contribution < -0.4 is 4.74 Å². The molecule has 0 saturated heterocycles. The summed E-state index contributed by atoms with van der Waals surface area (Å²) < 4.78 is 5.57. The maximum absolute atomic E-state index is 11.0. The van der Waals surface area contributed by atoms with Crippen LogP contribution in [0, 0.1) is 17.0 Å². The molecule has 2 aromatic rings. The Balaban J connectivity index is 2.27. The van der Waals surface area contributed by atoms with Crippen LogP contribution in [0.4, 0.5) is 5.69 Å². The Bertz CT molecular complexity index is 700. The highest BCUT2D eigenvalue weighted by Gasteiger charge is 2.14. The first-order chi connectivity index (χ1) is 10.0. The van der Waals surface area contributed by atoms with E-state index >= 15 is 0 Å². The van der Waals surface area contributed by atoms with Crippen molar-refractivity contribution >= 4 is 23.6 Å². The van der Waals surface area contributed by atoms with Gasteiger partial charge in [0.1, 0.15) is 12.4 Å². The second kappa shape index (κ2) is 6.37. The van der Waals surface area contributed by atoms with Gasteiger partial charge in [0, 0.05) is 11.6 Å². The van der Waals surface area contributed by atoms with E-state index in [-0.39, 0.29) is 18.0 Å². The number of nitrogens with zero attached hydrogens (tertiary/aromatic N) is 1. The molecule has 5 nitrogen and oxygen atoms in total. The van der Waals surface area contributed by atoms with Crippen LogP contribution in [0.15, 0.2) is 36.4 Å². The lowest BCUT2D eigenvalue weighted by Crippen LogP contribution is -2.02. The second-order valence-corrected chi connectivity index (χ2v) is 4.79. The number of carbonyl (C=O) groups is 1. The topological polar surface area (TPSA) is 69.4 Å². The number of carbonyl (C=O) groups excluding carboxylic acids is 1. The number of ether oxygens (including phenoxy) is 1. The van der Waals surface area contributed by atoms with Crippen molar-refractivity contribution in [3.8, 4) is 5.75 Å². The largest absolute Gasteiger partial charge is 0.487 e. The number of hydrogen-bond donors (Lipinski definition) is 0. The molecule has 2 rings (SSSR count). The Kier molecular flexibility index (Phi) is 4.55. The summed E-state index contributed by atoms with van der Waals surface area (Å²) in [5.41, 5.74) is 1.57. The minimum Gasteiger partial charge on any atom is -0.487 e. The molecule has 6 heteroatoms. The molecule has 21 heavy (non-hydrogen) atoms. The van der Waals surface area contributed by atoms with Crippen LogP contribution in [0.2, 0.25) is 5.02 Å². The van der Waals surface area contributed by atoms with E-state index in [1.54, 1.807) is 37.3 Å². The smallest absolute Gasteiger partial charge is 0.272 e. The number of nitro benzene ring substituents is 1. The average Bonchev–Trinajstić information content (AvgIpc) is 2.46. The molecular weight excluding hydrogens is 294 g/mol. The normalized spacial score (nSPS) is 10.2. The maximum atomic E-state index is 11.0. The number of nitro groups is 1. The highest BCUT2D eigenvalue weighted by Crippen LogP contribution is 2.29. The third-order valence-electron chi connectivity index (χ3n) is 3.11. The van der Waals surface area contributed by atoms with Crippen LogP contribution >= 0.6 is 11.6 Å². The lowest BCUT2D eigenvalue weighted by molar-refractivity contribution is -0.385. The van der Waals surface area contributed by atoms with Gasteiger partial charge in [-0.05, 0) is 24.6 Å². The van der Waals surface area contributed by atoms with Crippen molar-refractivity contribution in [3.05, 3.63) is 68.2 Å². The molecule has 0 radical (unpaired) electrons. The number of rotatable bonds is 5. The summed E-state index contributed by atoms with van der Waals surface area (Å²) in [6.45, 7) is 1.75. The molecule has 0 spiro atoms. The van der Waals surface area contributed by atoms with Crippen LogP contribution in [0.5, 0.6) is 5.75 Å². The Hall–Kier alpha value is -2.40. The van der Waals surface area contributed by atoms with Crippen LogP contribution in [0.25, 0.3) is 0 Å². The summed E-state index contributed by atoms with van der Waals surface area (Å²) in [6.07, 6.45) is 0.654. The number of aldehydes is 1. The molecule has 0 saturated carbocycles. The number of benzene rings is 2. The lowest BCUT2D eigenvalue weighted by atomic mass is 10.1. The van der Waals surface area contributed by atoms with Gasteiger partial charge >= 0.3 is 0 Å². The van der Waals surface area contributed by atoms with Crippen LogP contribution in [-0.4, -0.2) is 11.2 Å². The predicted molar refractivity (Wildman–Crippen MR) is 79.0 cm³/mol. The third-order valence-corrected chi connectivity index (χ3v) is 3.41. The number of para-hydroxylation sites is 1. The molecule has 0 heterocycles. The summed E-state index contributed by atoms with van der Waals surface area (Å²) in [5, 5.41) is 11.2. The van der Waals surface area contributed by atoms with Crippen molar-refractivity contribution in [2.24, 2.45) is 0 Å². The average molecular weight is 306 g/mol. The van der Waals surface area contributed by atoms with Gasteiger partial charge in [0.2, 0.25) is 0 Å². The minimum atomic E-state index is -0.439. The van der Waals surface area contributed by atoms with Gasteiger partial charge in [0.15, 0.2) is 6.29 Å². The quantitative estimate of drug-likeness (QED) is 0.476. The van der Waals surface area contributed by atoms with E-state index in [1.165, 1.54) is 6.07 Å². The Morgan fingerprint density at radius 2 is 2.00 bits per heavy atom. The van der Waals surface area contributed by atoms with E-state index in [9.17, 15) is 14.9 Å². The first kappa shape index (κ1) is 15.0. The fourth-order valence-corrected chi connectivity index (χ4v) is 2.18. The van der Waals surface area contributed by atoms with Gasteiger partial charge in [-0.2, -0.15) is 0 Å². The number of hydrogen-bond acceptors (Lipinski definition) is 4. The fourth-order valence-electron chi connectivity index (χ4n) is 1.94. The number of halogens is 1. The zero-order valence-corrected chi connectivity index (χ0v) is 12.0. The van der Waals surface area contributed by atoms with E-state index in [0.29, 0.717) is 28.0 Å². The van der Waals surface area contributed by atoms with Crippen LogP contribution in [-0.2, 0) is 6.61 Å². The maximum Gasteiger partial charge on any atom is 0.272 e. The molecule has 0 N–H and O–H groups in total. The zero-order valence-electron chi connectivity index (χ0n) is 11.2. The highest BCUT2D eigenvalue weighted by molar-refractivity contribution is 6.32. The van der Waals surface area contributed by atoms with Gasteiger partial charge < -0.3 is 4.74 Å². The van der Waals surface area contributed by atoms with Crippen molar-refractivity contribution < 1.29 is 14.5 Å². The van der Waals surface area contributed by atoms with Crippen molar-refractivity contribution in [1.82, 2.24) is 0 Å². The standard InChI is InChI=1S/C15H12ClNO4/c1-10-12(5-3-7-14(10)17(19)20)9-21-15-11(8-18)4-2-6-13(15)16/h2-8H,9H2,1H3. The lowest BCUT2D eigenvalue weighted by Gasteiger charge is -2.11. The Labute approximate surface area is 126 Å².